The molecule has 9 nitrogen and oxygen atoms in total. The number of alkyl halides is 3. The molecule has 0 fully saturated rings. The van der Waals surface area contributed by atoms with E-state index >= 15 is 0 Å². The molecule has 4 rings (SSSR count). The second-order valence-electron chi connectivity index (χ2n) is 8.29. The van der Waals surface area contributed by atoms with Gasteiger partial charge in [-0.1, -0.05) is 18.2 Å². The minimum absolute atomic E-state index is 0.0601. The van der Waals surface area contributed by atoms with Crippen molar-refractivity contribution in [3.05, 3.63) is 58.9 Å². The van der Waals surface area contributed by atoms with Gasteiger partial charge in [0, 0.05) is 24.3 Å². The lowest BCUT2D eigenvalue weighted by Gasteiger charge is -2.32. The van der Waals surface area contributed by atoms with Crippen LogP contribution in [0.5, 0.6) is 0 Å². The maximum absolute atomic E-state index is 12.9. The van der Waals surface area contributed by atoms with Gasteiger partial charge in [0.1, 0.15) is 5.82 Å². The van der Waals surface area contributed by atoms with Gasteiger partial charge in [0.05, 0.1) is 12.2 Å². The summed E-state index contributed by atoms with van der Waals surface area (Å²) in [6, 6.07) is 12.1. The number of carboxylic acid groups (broad SMARTS) is 1. The van der Waals surface area contributed by atoms with Gasteiger partial charge in [0.15, 0.2) is 5.82 Å². The Bertz CT molecular complexity index is 1240. The molecular formula is C24H27F3N6O3. The fraction of sp³-hybridized carbons (Fsp3) is 0.333. The Balaban J connectivity index is 0.000000454. The predicted molar refractivity (Wildman–Crippen MR) is 128 cm³/mol. The molecule has 3 aromatic rings. The van der Waals surface area contributed by atoms with E-state index in [-0.39, 0.29) is 5.91 Å². The number of carbonyl (C=O) groups excluding carboxylic acids is 1. The fourth-order valence-electron chi connectivity index (χ4n) is 3.91. The molecule has 0 unspecified atom stereocenters. The first kappa shape index (κ1) is 26.7. The normalized spacial score (nSPS) is 12.9. The van der Waals surface area contributed by atoms with E-state index < -0.39 is 12.1 Å². The number of aromatic nitrogens is 3. The zero-order valence-corrected chi connectivity index (χ0v) is 19.8. The summed E-state index contributed by atoms with van der Waals surface area (Å²) in [5.74, 6) is -1.50. The maximum Gasteiger partial charge on any atom is 0.490 e. The number of benzene rings is 2. The summed E-state index contributed by atoms with van der Waals surface area (Å²) in [5.41, 5.74) is 12.0. The molecule has 0 atom stereocenters. The van der Waals surface area contributed by atoms with Crippen LogP contribution in [0.1, 0.15) is 28.9 Å². The number of carboxylic acids is 1. The van der Waals surface area contributed by atoms with Crippen LogP contribution < -0.4 is 16.0 Å². The Kier molecular flexibility index (Phi) is 8.30. The molecule has 0 radical (unpaired) electrons. The molecule has 1 aromatic heterocycles. The summed E-state index contributed by atoms with van der Waals surface area (Å²) in [5, 5.41) is 17.3. The number of rotatable bonds is 5. The average molecular weight is 505 g/mol. The van der Waals surface area contributed by atoms with E-state index in [4.69, 9.17) is 15.6 Å². The van der Waals surface area contributed by atoms with Gasteiger partial charge in [-0.3, -0.25) is 9.89 Å². The molecule has 0 spiro atoms. The Morgan fingerprint density at radius 2 is 1.94 bits per heavy atom. The molecule has 0 saturated carbocycles. The number of hydrogen-bond donors (Lipinski definition) is 4. The van der Waals surface area contributed by atoms with Crippen molar-refractivity contribution in [1.82, 2.24) is 15.2 Å². The van der Waals surface area contributed by atoms with Crippen LogP contribution in [-0.4, -0.2) is 51.4 Å². The van der Waals surface area contributed by atoms with Crippen LogP contribution in [-0.2, 0) is 22.6 Å². The minimum Gasteiger partial charge on any atom is -0.475 e. The molecule has 0 aliphatic carbocycles. The molecule has 192 valence electrons. The van der Waals surface area contributed by atoms with E-state index in [9.17, 15) is 18.0 Å². The Morgan fingerprint density at radius 3 is 2.56 bits per heavy atom. The second kappa shape index (κ2) is 11.2. The third-order valence-electron chi connectivity index (χ3n) is 5.53. The average Bonchev–Trinajstić information content (AvgIpc) is 3.24. The zero-order valence-electron chi connectivity index (χ0n) is 19.8. The highest BCUT2D eigenvalue weighted by molar-refractivity contribution is 5.97. The van der Waals surface area contributed by atoms with Gasteiger partial charge in [0.25, 0.3) is 0 Å². The molecule has 1 aliphatic heterocycles. The number of H-pyrrole nitrogens is 1. The maximum atomic E-state index is 12.9. The summed E-state index contributed by atoms with van der Waals surface area (Å²) in [6.45, 7) is 5.52. The first-order valence-corrected chi connectivity index (χ1v) is 11.2. The number of nitrogens with zero attached hydrogens (tertiary/aromatic N) is 3. The largest absolute Gasteiger partial charge is 0.490 e. The highest BCUT2D eigenvalue weighted by Crippen LogP contribution is 2.30. The number of hydrogen-bond acceptors (Lipinski definition) is 6. The third kappa shape index (κ3) is 6.60. The van der Waals surface area contributed by atoms with Crippen molar-refractivity contribution in [2.75, 3.05) is 23.3 Å². The van der Waals surface area contributed by atoms with E-state index in [2.05, 4.69) is 37.5 Å². The summed E-state index contributed by atoms with van der Waals surface area (Å²) in [7, 11) is 0. The minimum atomic E-state index is -5.08. The summed E-state index contributed by atoms with van der Waals surface area (Å²) >= 11 is 0. The quantitative estimate of drug-likeness (QED) is 0.417. The molecule has 2 aromatic carbocycles. The van der Waals surface area contributed by atoms with Crippen LogP contribution in [0.15, 0.2) is 36.4 Å². The van der Waals surface area contributed by atoms with Crippen LogP contribution in [0.2, 0.25) is 0 Å². The highest BCUT2D eigenvalue weighted by atomic mass is 19.4. The van der Waals surface area contributed by atoms with Gasteiger partial charge in [-0.25, -0.2) is 9.78 Å². The smallest absolute Gasteiger partial charge is 0.475 e. The lowest BCUT2D eigenvalue weighted by atomic mass is 9.96. The van der Waals surface area contributed by atoms with Crippen LogP contribution in [0.25, 0.3) is 11.4 Å². The molecule has 0 bridgehead atoms. The van der Waals surface area contributed by atoms with Gasteiger partial charge < -0.3 is 21.1 Å². The van der Waals surface area contributed by atoms with Crippen molar-refractivity contribution in [2.45, 2.75) is 39.4 Å². The summed E-state index contributed by atoms with van der Waals surface area (Å²) in [4.78, 5) is 28.4. The van der Waals surface area contributed by atoms with Crippen molar-refractivity contribution in [2.24, 2.45) is 5.73 Å². The lowest BCUT2D eigenvalue weighted by Crippen LogP contribution is -2.37. The van der Waals surface area contributed by atoms with Crippen LogP contribution in [0.4, 0.5) is 24.5 Å². The van der Waals surface area contributed by atoms with Crippen LogP contribution in [0, 0.1) is 13.8 Å². The zero-order chi connectivity index (χ0) is 26.5. The first-order chi connectivity index (χ1) is 17.0. The van der Waals surface area contributed by atoms with Crippen molar-refractivity contribution < 1.29 is 27.9 Å². The van der Waals surface area contributed by atoms with Crippen molar-refractivity contribution in [3.8, 4) is 11.4 Å². The van der Waals surface area contributed by atoms with Crippen molar-refractivity contribution >= 4 is 23.3 Å². The Hall–Kier alpha value is -3.93. The van der Waals surface area contributed by atoms with Gasteiger partial charge >= 0.3 is 12.1 Å². The predicted octanol–water partition coefficient (Wildman–Crippen LogP) is 3.57. The monoisotopic (exact) mass is 504 g/mol. The number of aliphatic carboxylic acids is 1. The van der Waals surface area contributed by atoms with Gasteiger partial charge in [-0.15, -0.1) is 0 Å². The summed E-state index contributed by atoms with van der Waals surface area (Å²) in [6.07, 6.45) is -3.06. The van der Waals surface area contributed by atoms with Gasteiger partial charge in [-0.2, -0.15) is 18.3 Å². The molecule has 36 heavy (non-hydrogen) atoms. The Labute approximate surface area is 205 Å². The molecule has 1 aliphatic rings. The fourth-order valence-corrected chi connectivity index (χ4v) is 3.91. The van der Waals surface area contributed by atoms with E-state index in [1.807, 2.05) is 38.1 Å². The molecule has 1 amide bonds. The van der Waals surface area contributed by atoms with Crippen LogP contribution in [0.3, 0.4) is 0 Å². The van der Waals surface area contributed by atoms with Crippen LogP contribution >= 0.6 is 0 Å². The summed E-state index contributed by atoms with van der Waals surface area (Å²) < 4.78 is 31.7. The molecule has 2 heterocycles. The van der Waals surface area contributed by atoms with Gasteiger partial charge in [-0.05, 0) is 61.6 Å². The lowest BCUT2D eigenvalue weighted by molar-refractivity contribution is -0.192. The van der Waals surface area contributed by atoms with E-state index in [1.165, 1.54) is 5.56 Å². The molecule has 5 N–H and O–H groups in total. The number of aromatic amines is 1. The van der Waals surface area contributed by atoms with E-state index in [0.717, 1.165) is 53.3 Å². The third-order valence-corrected chi connectivity index (χ3v) is 5.53. The number of fused-ring (bicyclic) bond motifs is 1. The van der Waals surface area contributed by atoms with Gasteiger partial charge in [0.2, 0.25) is 5.91 Å². The highest BCUT2D eigenvalue weighted by Gasteiger charge is 2.38. The first-order valence-electron chi connectivity index (χ1n) is 11.2. The number of aryl methyl sites for hydroxylation is 2. The Morgan fingerprint density at radius 1 is 1.22 bits per heavy atom. The molecule has 0 saturated heterocycles. The van der Waals surface area contributed by atoms with Crippen molar-refractivity contribution in [3.63, 3.8) is 0 Å². The second-order valence-corrected chi connectivity index (χ2v) is 8.29. The van der Waals surface area contributed by atoms with Crippen molar-refractivity contribution in [1.29, 1.82) is 0 Å². The van der Waals surface area contributed by atoms with E-state index in [1.54, 1.807) is 0 Å². The number of nitrogens with one attached hydrogen (secondary N) is 2. The molecule has 12 heteroatoms. The molecular weight excluding hydrogens is 477 g/mol. The topological polar surface area (TPSA) is 137 Å². The SMILES string of the molecule is Cc1ccc(-c2n[nH]c(C)n2)c(NC(=O)CN2CCCc3c(CN)cccc32)c1.O=C(O)C(F)(F)F. The number of anilines is 2. The number of amides is 1. The number of nitrogens with two attached hydrogens (primary N) is 1. The number of halogens is 3. The standard InChI is InChI=1S/C22H26N6O.C2HF3O2/c1-14-8-9-18(22-24-15(2)26-27-22)19(11-14)25-21(29)13-28-10-4-6-17-16(12-23)5-3-7-20(17)28;3-2(4,5)1(6)7/h3,5,7-9,11H,4,6,10,12-13,23H2,1-2H3,(H,25,29)(H,24,26,27);(H,6,7). The van der Waals surface area contributed by atoms with E-state index in [0.29, 0.717) is 18.9 Å². The number of carbonyl (C=O) groups is 2.